The predicted molar refractivity (Wildman–Crippen MR) is 137 cm³/mol. The zero-order valence-electron chi connectivity index (χ0n) is 22.6. The molecule has 0 aliphatic carbocycles. The summed E-state index contributed by atoms with van der Waals surface area (Å²) in [6.45, 7) is 13.8. The maximum Gasteiger partial charge on any atom is 0.242 e. The topological polar surface area (TPSA) is 116 Å². The van der Waals surface area contributed by atoms with Gasteiger partial charge in [0.1, 0.15) is 6.04 Å². The van der Waals surface area contributed by atoms with E-state index >= 15 is 0 Å². The van der Waals surface area contributed by atoms with Crippen molar-refractivity contribution in [1.29, 1.82) is 0 Å². The van der Waals surface area contributed by atoms with Gasteiger partial charge >= 0.3 is 0 Å². The van der Waals surface area contributed by atoms with E-state index in [1.54, 1.807) is 6.92 Å². The van der Waals surface area contributed by atoms with E-state index in [0.29, 0.717) is 6.42 Å². The Bertz CT molecular complexity index is 626. The van der Waals surface area contributed by atoms with Crippen LogP contribution in [0.3, 0.4) is 0 Å². The molecule has 0 aromatic heterocycles. The van der Waals surface area contributed by atoms with E-state index < -0.39 is 12.0 Å². The summed E-state index contributed by atoms with van der Waals surface area (Å²) in [5.41, 5.74) is 0. The summed E-state index contributed by atoms with van der Waals surface area (Å²) >= 11 is 0. The maximum absolute atomic E-state index is 12.9. The molecule has 34 heavy (non-hydrogen) atoms. The van der Waals surface area contributed by atoms with E-state index in [-0.39, 0.29) is 61.0 Å². The maximum atomic E-state index is 12.9. The summed E-state index contributed by atoms with van der Waals surface area (Å²) in [6, 6.07) is -0.609. The number of hydrogen-bond acceptors (Lipinski definition) is 4. The third kappa shape index (κ3) is 14.9. The fraction of sp³-hybridized carbons (Fsp3) is 0.846. The highest BCUT2D eigenvalue weighted by Gasteiger charge is 2.25. The monoisotopic (exact) mass is 482 g/mol. The number of nitrogens with one attached hydrogen (secondary N) is 4. The Labute approximate surface area is 207 Å². The van der Waals surface area contributed by atoms with Crippen molar-refractivity contribution in [1.82, 2.24) is 21.3 Å². The van der Waals surface area contributed by atoms with Gasteiger partial charge in [-0.3, -0.25) is 19.2 Å². The zero-order valence-corrected chi connectivity index (χ0v) is 22.6. The summed E-state index contributed by atoms with van der Waals surface area (Å²) in [5.74, 6) is -1.17. The van der Waals surface area contributed by atoms with E-state index in [0.717, 1.165) is 38.5 Å². The van der Waals surface area contributed by atoms with Gasteiger partial charge in [-0.05, 0) is 52.9 Å². The molecule has 0 rings (SSSR count). The molecule has 0 aliphatic rings. The van der Waals surface area contributed by atoms with E-state index in [2.05, 4.69) is 35.1 Å². The van der Waals surface area contributed by atoms with Crippen molar-refractivity contribution in [2.75, 3.05) is 0 Å². The largest absolute Gasteiger partial charge is 0.354 e. The minimum absolute atomic E-state index is 0.0125. The fourth-order valence-corrected chi connectivity index (χ4v) is 3.89. The summed E-state index contributed by atoms with van der Waals surface area (Å²) < 4.78 is 0. The van der Waals surface area contributed by atoms with Gasteiger partial charge in [-0.15, -0.1) is 0 Å². The molecular formula is C26H50N4O4. The third-order valence-corrected chi connectivity index (χ3v) is 5.91. The minimum atomic E-state index is -0.792. The van der Waals surface area contributed by atoms with Crippen molar-refractivity contribution in [3.63, 3.8) is 0 Å². The second-order valence-electron chi connectivity index (χ2n) is 9.75. The molecule has 0 saturated carbocycles. The Morgan fingerprint density at radius 3 is 1.38 bits per heavy atom. The summed E-state index contributed by atoms with van der Waals surface area (Å²) in [6.07, 6.45) is 6.58. The molecule has 0 unspecified atom stereocenters. The molecule has 198 valence electrons. The van der Waals surface area contributed by atoms with Gasteiger partial charge in [0.2, 0.25) is 23.6 Å². The standard InChI is InChI=1S/C26H50N4O4/c1-8-11-19(5)27-23(31)16-14-18(4)25(33)30-22(26(34)29-21(7)13-10-3)15-17-24(32)28-20(6)12-9-2/h18-22H,8-17H2,1-7H3,(H,27,31)(H,28,32)(H,29,34)(H,30,33)/t18-,19+,20+,21+,22-/m0/s1. The Balaban J connectivity index is 4.93. The van der Waals surface area contributed by atoms with Gasteiger partial charge < -0.3 is 21.3 Å². The number of carbonyl (C=O) groups excluding carboxylic acids is 4. The number of hydrogen-bond donors (Lipinski definition) is 4. The van der Waals surface area contributed by atoms with Gasteiger partial charge in [0.25, 0.3) is 0 Å². The first-order valence-electron chi connectivity index (χ1n) is 13.2. The molecule has 0 bridgehead atoms. The average molecular weight is 483 g/mol. The molecule has 0 heterocycles. The summed E-state index contributed by atoms with van der Waals surface area (Å²) in [4.78, 5) is 50.1. The molecule has 0 saturated heterocycles. The highest BCUT2D eigenvalue weighted by molar-refractivity contribution is 5.89. The lowest BCUT2D eigenvalue weighted by atomic mass is 10.0. The van der Waals surface area contributed by atoms with Crippen molar-refractivity contribution in [2.24, 2.45) is 5.92 Å². The average Bonchev–Trinajstić information content (AvgIpc) is 2.74. The summed E-state index contributed by atoms with van der Waals surface area (Å²) in [5, 5.41) is 11.7. The van der Waals surface area contributed by atoms with Crippen LogP contribution in [0, 0.1) is 5.92 Å². The molecule has 4 amide bonds. The smallest absolute Gasteiger partial charge is 0.242 e. The van der Waals surface area contributed by atoms with Crippen molar-refractivity contribution in [2.45, 2.75) is 137 Å². The first-order valence-corrected chi connectivity index (χ1v) is 13.2. The Kier molecular flexibility index (Phi) is 17.1. The Hall–Kier alpha value is -2.12. The van der Waals surface area contributed by atoms with E-state index in [9.17, 15) is 19.2 Å². The molecule has 0 spiro atoms. The van der Waals surface area contributed by atoms with Crippen LogP contribution in [-0.2, 0) is 19.2 Å². The molecule has 0 aromatic carbocycles. The van der Waals surface area contributed by atoms with E-state index in [1.165, 1.54) is 0 Å². The Morgan fingerprint density at radius 2 is 0.941 bits per heavy atom. The Morgan fingerprint density at radius 1 is 0.529 bits per heavy atom. The molecule has 8 heteroatoms. The SMILES string of the molecule is CCC[C@@H](C)NC(=O)CC[C@H](NC(=O)[C@@H](C)CCC(=O)N[C@H](C)CCC)C(=O)N[C@H](C)CCC. The number of amides is 4. The lowest BCUT2D eigenvalue weighted by Gasteiger charge is -2.23. The first kappa shape index (κ1) is 31.9. The van der Waals surface area contributed by atoms with Crippen LogP contribution in [-0.4, -0.2) is 47.8 Å². The van der Waals surface area contributed by atoms with Crippen LogP contribution in [0.1, 0.15) is 113 Å². The molecule has 4 N–H and O–H groups in total. The van der Waals surface area contributed by atoms with Gasteiger partial charge in [-0.1, -0.05) is 47.0 Å². The van der Waals surface area contributed by atoms with E-state index in [4.69, 9.17) is 0 Å². The lowest BCUT2D eigenvalue weighted by molar-refractivity contribution is -0.132. The van der Waals surface area contributed by atoms with Crippen LogP contribution >= 0.6 is 0 Å². The molecule has 0 aliphatic heterocycles. The molecular weight excluding hydrogens is 432 g/mol. The van der Waals surface area contributed by atoms with Crippen LogP contribution < -0.4 is 21.3 Å². The zero-order chi connectivity index (χ0) is 26.1. The lowest BCUT2D eigenvalue weighted by Crippen LogP contribution is -2.50. The van der Waals surface area contributed by atoms with Crippen LogP contribution in [0.15, 0.2) is 0 Å². The second-order valence-corrected chi connectivity index (χ2v) is 9.75. The van der Waals surface area contributed by atoms with Crippen LogP contribution in [0.4, 0.5) is 0 Å². The van der Waals surface area contributed by atoms with Crippen LogP contribution in [0.25, 0.3) is 0 Å². The molecule has 0 aromatic rings. The van der Waals surface area contributed by atoms with Crippen molar-refractivity contribution >= 4 is 23.6 Å². The minimum Gasteiger partial charge on any atom is -0.354 e. The highest BCUT2D eigenvalue weighted by Crippen LogP contribution is 2.09. The van der Waals surface area contributed by atoms with Crippen molar-refractivity contribution in [3.8, 4) is 0 Å². The number of carbonyl (C=O) groups is 4. The van der Waals surface area contributed by atoms with Gasteiger partial charge in [0.05, 0.1) is 0 Å². The van der Waals surface area contributed by atoms with Crippen molar-refractivity contribution < 1.29 is 19.2 Å². The van der Waals surface area contributed by atoms with Gasteiger partial charge in [-0.25, -0.2) is 0 Å². The van der Waals surface area contributed by atoms with E-state index in [1.807, 2.05) is 27.7 Å². The van der Waals surface area contributed by atoms with Gasteiger partial charge in [0, 0.05) is 36.9 Å². The second kappa shape index (κ2) is 18.2. The van der Waals surface area contributed by atoms with Gasteiger partial charge in [-0.2, -0.15) is 0 Å². The van der Waals surface area contributed by atoms with Crippen LogP contribution in [0.5, 0.6) is 0 Å². The highest BCUT2D eigenvalue weighted by atomic mass is 16.2. The number of rotatable bonds is 18. The predicted octanol–water partition coefficient (Wildman–Crippen LogP) is 3.58. The first-order chi connectivity index (χ1) is 16.0. The fourth-order valence-electron chi connectivity index (χ4n) is 3.89. The molecule has 8 nitrogen and oxygen atoms in total. The normalized spacial score (nSPS) is 15.4. The quantitative estimate of drug-likeness (QED) is 0.239. The third-order valence-electron chi connectivity index (χ3n) is 5.91. The molecule has 0 radical (unpaired) electrons. The molecule has 0 fully saturated rings. The van der Waals surface area contributed by atoms with Gasteiger partial charge in [0.15, 0.2) is 0 Å². The van der Waals surface area contributed by atoms with Crippen molar-refractivity contribution in [3.05, 3.63) is 0 Å². The van der Waals surface area contributed by atoms with Crippen LogP contribution in [0.2, 0.25) is 0 Å². The molecule has 5 atom stereocenters. The summed E-state index contributed by atoms with van der Waals surface area (Å²) in [7, 11) is 0.